The number of carbonyl (C=O) groups excluding carboxylic acids is 1. The molecular formula is C10H9FN4O2. The zero-order valence-corrected chi connectivity index (χ0v) is 8.98. The molecule has 2 heterocycles. The van der Waals surface area contributed by atoms with E-state index in [0.717, 1.165) is 12.3 Å². The van der Waals surface area contributed by atoms with E-state index in [9.17, 15) is 9.18 Å². The summed E-state index contributed by atoms with van der Waals surface area (Å²) in [7, 11) is 0. The van der Waals surface area contributed by atoms with Crippen molar-refractivity contribution in [2.45, 2.75) is 13.5 Å². The molecule has 0 radical (unpaired) electrons. The van der Waals surface area contributed by atoms with E-state index in [0.29, 0.717) is 11.7 Å². The lowest BCUT2D eigenvalue weighted by molar-refractivity contribution is 0.0946. The van der Waals surface area contributed by atoms with Gasteiger partial charge in [-0.2, -0.15) is 9.37 Å². The number of carbonyl (C=O) groups is 1. The van der Waals surface area contributed by atoms with Crippen LogP contribution in [0.4, 0.5) is 4.39 Å². The third-order valence-electron chi connectivity index (χ3n) is 1.96. The van der Waals surface area contributed by atoms with Gasteiger partial charge in [0, 0.05) is 6.20 Å². The van der Waals surface area contributed by atoms with Crippen LogP contribution in [0.5, 0.6) is 0 Å². The Morgan fingerprint density at radius 3 is 2.94 bits per heavy atom. The number of rotatable bonds is 3. The lowest BCUT2D eigenvalue weighted by Gasteiger charge is -2.01. The average Bonchev–Trinajstić information content (AvgIpc) is 2.73. The van der Waals surface area contributed by atoms with Gasteiger partial charge in [0.05, 0.1) is 12.1 Å². The maximum atomic E-state index is 12.5. The summed E-state index contributed by atoms with van der Waals surface area (Å²) in [5, 5.41) is 6.13. The summed E-state index contributed by atoms with van der Waals surface area (Å²) in [6.45, 7) is 1.80. The molecule has 0 saturated heterocycles. The fourth-order valence-corrected chi connectivity index (χ4v) is 1.18. The van der Waals surface area contributed by atoms with Crippen molar-refractivity contribution in [2.75, 3.05) is 0 Å². The minimum absolute atomic E-state index is 0.122. The first-order valence-electron chi connectivity index (χ1n) is 4.84. The first kappa shape index (κ1) is 11.2. The minimum atomic E-state index is -0.630. The van der Waals surface area contributed by atoms with Crippen molar-refractivity contribution < 1.29 is 13.7 Å². The SMILES string of the molecule is Cc1noc(CNC(=O)c2ccc(F)nc2)n1. The van der Waals surface area contributed by atoms with Crippen molar-refractivity contribution in [3.8, 4) is 0 Å². The van der Waals surface area contributed by atoms with Crippen LogP contribution >= 0.6 is 0 Å². The second-order valence-corrected chi connectivity index (χ2v) is 3.29. The van der Waals surface area contributed by atoms with E-state index in [-0.39, 0.29) is 18.0 Å². The molecule has 0 aliphatic carbocycles. The molecule has 17 heavy (non-hydrogen) atoms. The number of aryl methyl sites for hydroxylation is 1. The largest absolute Gasteiger partial charge is 0.343 e. The summed E-state index contributed by atoms with van der Waals surface area (Å²) in [6, 6.07) is 2.46. The van der Waals surface area contributed by atoms with Crippen LogP contribution < -0.4 is 5.32 Å². The van der Waals surface area contributed by atoms with Crippen LogP contribution in [0.3, 0.4) is 0 Å². The van der Waals surface area contributed by atoms with E-state index in [1.807, 2.05) is 0 Å². The van der Waals surface area contributed by atoms with E-state index in [1.54, 1.807) is 6.92 Å². The number of halogens is 1. The molecule has 2 rings (SSSR count). The van der Waals surface area contributed by atoms with Crippen LogP contribution in [0.15, 0.2) is 22.9 Å². The Morgan fingerprint density at radius 2 is 2.35 bits per heavy atom. The smallest absolute Gasteiger partial charge is 0.253 e. The van der Waals surface area contributed by atoms with Gasteiger partial charge in [0.1, 0.15) is 0 Å². The molecule has 1 N–H and O–H groups in total. The summed E-state index contributed by atoms with van der Waals surface area (Å²) < 4.78 is 17.3. The molecule has 0 aromatic carbocycles. The van der Waals surface area contributed by atoms with Gasteiger partial charge < -0.3 is 9.84 Å². The predicted molar refractivity (Wildman–Crippen MR) is 54.4 cm³/mol. The second-order valence-electron chi connectivity index (χ2n) is 3.29. The molecule has 0 unspecified atom stereocenters. The molecule has 0 saturated carbocycles. The van der Waals surface area contributed by atoms with Crippen molar-refractivity contribution >= 4 is 5.91 Å². The Bertz CT molecular complexity index is 523. The quantitative estimate of drug-likeness (QED) is 0.799. The first-order valence-corrected chi connectivity index (χ1v) is 4.84. The minimum Gasteiger partial charge on any atom is -0.343 e. The molecule has 88 valence electrons. The summed E-state index contributed by atoms with van der Waals surface area (Å²) in [5.74, 6) is -0.203. The molecule has 2 aromatic rings. The van der Waals surface area contributed by atoms with Gasteiger partial charge in [-0.3, -0.25) is 4.79 Å². The fourth-order valence-electron chi connectivity index (χ4n) is 1.18. The van der Waals surface area contributed by atoms with Gasteiger partial charge in [-0.05, 0) is 19.1 Å². The van der Waals surface area contributed by atoms with Crippen LogP contribution in [0, 0.1) is 12.9 Å². The number of aromatic nitrogens is 3. The van der Waals surface area contributed by atoms with Gasteiger partial charge in [-0.15, -0.1) is 0 Å². The number of pyridine rings is 1. The molecule has 0 aliphatic rings. The van der Waals surface area contributed by atoms with Crippen LogP contribution in [-0.2, 0) is 6.54 Å². The van der Waals surface area contributed by atoms with Gasteiger partial charge >= 0.3 is 0 Å². The number of nitrogens with one attached hydrogen (secondary N) is 1. The second kappa shape index (κ2) is 4.69. The fraction of sp³-hybridized carbons (Fsp3) is 0.200. The zero-order chi connectivity index (χ0) is 12.3. The van der Waals surface area contributed by atoms with Crippen LogP contribution in [0.1, 0.15) is 22.1 Å². The van der Waals surface area contributed by atoms with Crippen molar-refractivity contribution in [1.29, 1.82) is 0 Å². The lowest BCUT2D eigenvalue weighted by atomic mass is 10.3. The maximum absolute atomic E-state index is 12.5. The Kier molecular flexibility index (Phi) is 3.08. The van der Waals surface area contributed by atoms with Gasteiger partial charge in [-0.1, -0.05) is 5.16 Å². The van der Waals surface area contributed by atoms with E-state index >= 15 is 0 Å². The Hall–Kier alpha value is -2.31. The first-order chi connectivity index (χ1) is 8.15. The van der Waals surface area contributed by atoms with Gasteiger partial charge in [0.25, 0.3) is 5.91 Å². The summed E-state index contributed by atoms with van der Waals surface area (Å²) in [4.78, 5) is 18.9. The molecule has 0 fully saturated rings. The molecule has 6 nitrogen and oxygen atoms in total. The van der Waals surface area contributed by atoms with Gasteiger partial charge in [0.15, 0.2) is 5.82 Å². The molecule has 0 bridgehead atoms. The summed E-state index contributed by atoms with van der Waals surface area (Å²) in [5.41, 5.74) is 0.266. The number of hydrogen-bond donors (Lipinski definition) is 1. The molecule has 1 amide bonds. The standard InChI is InChI=1S/C10H9FN4O2/c1-6-14-9(17-15-6)5-13-10(16)7-2-3-8(11)12-4-7/h2-4H,5H2,1H3,(H,13,16). The van der Waals surface area contributed by atoms with Gasteiger partial charge in [-0.25, -0.2) is 4.98 Å². The highest BCUT2D eigenvalue weighted by atomic mass is 19.1. The maximum Gasteiger partial charge on any atom is 0.253 e. The van der Waals surface area contributed by atoms with E-state index < -0.39 is 5.95 Å². The Balaban J connectivity index is 1.95. The molecule has 0 atom stereocenters. The number of amides is 1. The molecule has 7 heteroatoms. The zero-order valence-electron chi connectivity index (χ0n) is 8.98. The molecule has 0 spiro atoms. The average molecular weight is 236 g/mol. The third kappa shape index (κ3) is 2.83. The highest BCUT2D eigenvalue weighted by molar-refractivity contribution is 5.93. The molecular weight excluding hydrogens is 227 g/mol. The van der Waals surface area contributed by atoms with Crippen molar-refractivity contribution in [1.82, 2.24) is 20.4 Å². The Morgan fingerprint density at radius 1 is 1.53 bits per heavy atom. The monoisotopic (exact) mass is 236 g/mol. The molecule has 0 aliphatic heterocycles. The van der Waals surface area contributed by atoms with E-state index in [2.05, 4.69) is 20.4 Å². The van der Waals surface area contributed by atoms with Crippen molar-refractivity contribution in [3.63, 3.8) is 0 Å². The third-order valence-corrected chi connectivity index (χ3v) is 1.96. The van der Waals surface area contributed by atoms with Gasteiger partial charge in [0.2, 0.25) is 11.8 Å². The Labute approximate surface area is 95.9 Å². The normalized spacial score (nSPS) is 10.2. The predicted octanol–water partition coefficient (Wildman–Crippen LogP) is 0.842. The summed E-state index contributed by atoms with van der Waals surface area (Å²) >= 11 is 0. The van der Waals surface area contributed by atoms with E-state index in [1.165, 1.54) is 6.07 Å². The summed E-state index contributed by atoms with van der Waals surface area (Å²) in [6.07, 6.45) is 1.16. The van der Waals surface area contributed by atoms with Crippen LogP contribution in [0.25, 0.3) is 0 Å². The van der Waals surface area contributed by atoms with Crippen molar-refractivity contribution in [2.24, 2.45) is 0 Å². The van der Waals surface area contributed by atoms with Crippen LogP contribution in [0.2, 0.25) is 0 Å². The molecule has 2 aromatic heterocycles. The number of hydrogen-bond acceptors (Lipinski definition) is 5. The number of nitrogens with zero attached hydrogens (tertiary/aromatic N) is 3. The van der Waals surface area contributed by atoms with E-state index in [4.69, 9.17) is 4.52 Å². The lowest BCUT2D eigenvalue weighted by Crippen LogP contribution is -2.23. The topological polar surface area (TPSA) is 80.9 Å². The highest BCUT2D eigenvalue weighted by Crippen LogP contribution is 2.00. The van der Waals surface area contributed by atoms with Crippen molar-refractivity contribution in [3.05, 3.63) is 41.6 Å². The van der Waals surface area contributed by atoms with Crippen LogP contribution in [-0.4, -0.2) is 21.0 Å². The highest BCUT2D eigenvalue weighted by Gasteiger charge is 2.08.